The summed E-state index contributed by atoms with van der Waals surface area (Å²) in [6, 6.07) is 7.40. The Balaban J connectivity index is 1.66. The summed E-state index contributed by atoms with van der Waals surface area (Å²) >= 11 is 0. The fourth-order valence-electron chi connectivity index (χ4n) is 2.55. The minimum absolute atomic E-state index is 0.147. The molecule has 3 rings (SSSR count). The number of carbonyl (C=O) groups is 2. The van der Waals surface area contributed by atoms with Crippen molar-refractivity contribution in [3.8, 4) is 5.75 Å². The van der Waals surface area contributed by atoms with Crippen molar-refractivity contribution in [3.63, 3.8) is 0 Å². The largest absolute Gasteiger partial charge is 0.486 e. The standard InChI is InChI=1S/C17H18N2O6/c1-10-8-14(25-19-10)16(20)18-13-6-7-23-9-15(13)24-12-4-2-11(3-5-12)17(21)22/h2-5,8,13,15H,6-7,9H2,1H3,(H,18,20)(H,21,22)/t13-,15-/m1/s1. The fraction of sp³-hybridized carbons (Fsp3) is 0.353. The zero-order valence-electron chi connectivity index (χ0n) is 13.6. The molecule has 0 unspecified atom stereocenters. The number of hydrogen-bond acceptors (Lipinski definition) is 6. The molecule has 0 saturated carbocycles. The van der Waals surface area contributed by atoms with E-state index in [1.54, 1.807) is 25.1 Å². The number of carboxylic acid groups (broad SMARTS) is 1. The second-order valence-corrected chi connectivity index (χ2v) is 5.76. The molecular weight excluding hydrogens is 328 g/mol. The average molecular weight is 346 g/mol. The predicted molar refractivity (Wildman–Crippen MR) is 85.7 cm³/mol. The van der Waals surface area contributed by atoms with Crippen molar-refractivity contribution < 1.29 is 28.7 Å². The van der Waals surface area contributed by atoms with E-state index in [9.17, 15) is 9.59 Å². The van der Waals surface area contributed by atoms with E-state index in [1.165, 1.54) is 12.1 Å². The van der Waals surface area contributed by atoms with E-state index in [4.69, 9.17) is 19.1 Å². The lowest BCUT2D eigenvalue weighted by atomic mass is 10.1. The topological polar surface area (TPSA) is 111 Å². The molecule has 8 nitrogen and oxygen atoms in total. The molecule has 1 aromatic carbocycles. The SMILES string of the molecule is Cc1cc(C(=O)N[C@@H]2CCOC[C@H]2Oc2ccc(C(=O)O)cc2)on1. The summed E-state index contributed by atoms with van der Waals surface area (Å²) in [6.45, 7) is 2.57. The van der Waals surface area contributed by atoms with Gasteiger partial charge >= 0.3 is 5.97 Å². The lowest BCUT2D eigenvalue weighted by Gasteiger charge is -2.32. The van der Waals surface area contributed by atoms with Crippen LogP contribution in [-0.4, -0.2) is 47.5 Å². The van der Waals surface area contributed by atoms with Crippen LogP contribution in [0.5, 0.6) is 5.75 Å². The Morgan fingerprint density at radius 3 is 2.72 bits per heavy atom. The van der Waals surface area contributed by atoms with E-state index in [0.717, 1.165) is 0 Å². The highest BCUT2D eigenvalue weighted by Gasteiger charge is 2.30. The predicted octanol–water partition coefficient (Wildman–Crippen LogP) is 1.65. The minimum Gasteiger partial charge on any atom is -0.486 e. The first-order valence-electron chi connectivity index (χ1n) is 7.85. The van der Waals surface area contributed by atoms with Crippen LogP contribution in [0.4, 0.5) is 0 Å². The van der Waals surface area contributed by atoms with E-state index in [0.29, 0.717) is 31.1 Å². The van der Waals surface area contributed by atoms with Gasteiger partial charge in [-0.05, 0) is 37.6 Å². The smallest absolute Gasteiger partial charge is 0.335 e. The van der Waals surface area contributed by atoms with Gasteiger partial charge < -0.3 is 24.4 Å². The Morgan fingerprint density at radius 2 is 2.08 bits per heavy atom. The van der Waals surface area contributed by atoms with Gasteiger partial charge in [0, 0.05) is 12.7 Å². The molecule has 25 heavy (non-hydrogen) atoms. The van der Waals surface area contributed by atoms with Crippen LogP contribution >= 0.6 is 0 Å². The van der Waals surface area contributed by atoms with E-state index >= 15 is 0 Å². The Labute approximate surface area is 143 Å². The molecule has 2 heterocycles. The molecule has 2 atom stereocenters. The number of carboxylic acids is 1. The van der Waals surface area contributed by atoms with Gasteiger partial charge in [-0.2, -0.15) is 0 Å². The van der Waals surface area contributed by atoms with Gasteiger partial charge in [0.2, 0.25) is 5.76 Å². The third kappa shape index (κ3) is 4.16. The van der Waals surface area contributed by atoms with Crippen LogP contribution < -0.4 is 10.1 Å². The number of aryl methyl sites for hydroxylation is 1. The number of hydrogen-bond donors (Lipinski definition) is 2. The molecule has 0 bridgehead atoms. The molecule has 1 fully saturated rings. The van der Waals surface area contributed by atoms with Crippen LogP contribution in [0.15, 0.2) is 34.9 Å². The first-order chi connectivity index (χ1) is 12.0. The van der Waals surface area contributed by atoms with Crippen LogP contribution in [0.2, 0.25) is 0 Å². The molecule has 0 radical (unpaired) electrons. The van der Waals surface area contributed by atoms with Gasteiger partial charge in [-0.15, -0.1) is 0 Å². The van der Waals surface area contributed by atoms with Crippen LogP contribution in [0.25, 0.3) is 0 Å². The van der Waals surface area contributed by atoms with E-state index in [-0.39, 0.29) is 23.3 Å². The van der Waals surface area contributed by atoms with Gasteiger partial charge in [0.1, 0.15) is 11.9 Å². The highest BCUT2D eigenvalue weighted by Crippen LogP contribution is 2.19. The van der Waals surface area contributed by atoms with Crippen molar-refractivity contribution in [2.75, 3.05) is 13.2 Å². The van der Waals surface area contributed by atoms with Crippen molar-refractivity contribution in [2.24, 2.45) is 0 Å². The number of nitrogens with one attached hydrogen (secondary N) is 1. The molecule has 1 aromatic heterocycles. The lowest BCUT2D eigenvalue weighted by Crippen LogP contribution is -2.51. The van der Waals surface area contributed by atoms with Crippen molar-refractivity contribution in [1.82, 2.24) is 10.5 Å². The normalized spacial score (nSPS) is 20.0. The first-order valence-corrected chi connectivity index (χ1v) is 7.85. The summed E-state index contributed by atoms with van der Waals surface area (Å²) in [5.41, 5.74) is 0.807. The number of ether oxygens (including phenoxy) is 2. The van der Waals surface area contributed by atoms with Crippen LogP contribution in [-0.2, 0) is 4.74 Å². The quantitative estimate of drug-likeness (QED) is 0.846. The summed E-state index contributed by atoms with van der Waals surface area (Å²) < 4.78 is 16.3. The number of aromatic nitrogens is 1. The van der Waals surface area contributed by atoms with Crippen molar-refractivity contribution in [2.45, 2.75) is 25.5 Å². The highest BCUT2D eigenvalue weighted by atomic mass is 16.5. The molecule has 2 aromatic rings. The molecule has 0 aliphatic carbocycles. The summed E-state index contributed by atoms with van der Waals surface area (Å²) in [7, 11) is 0. The maximum atomic E-state index is 12.2. The average Bonchev–Trinajstić information content (AvgIpc) is 3.04. The molecular formula is C17H18N2O6. The Hall–Kier alpha value is -2.87. The van der Waals surface area contributed by atoms with Gasteiger partial charge in [0.25, 0.3) is 5.91 Å². The van der Waals surface area contributed by atoms with Crippen LogP contribution in [0, 0.1) is 6.92 Å². The molecule has 2 N–H and O–H groups in total. The maximum absolute atomic E-state index is 12.2. The number of rotatable bonds is 5. The third-order valence-corrected chi connectivity index (χ3v) is 3.86. The summed E-state index contributed by atoms with van der Waals surface area (Å²) in [6.07, 6.45) is 0.203. The Kier molecular flexibility index (Phi) is 4.99. The Morgan fingerprint density at radius 1 is 1.32 bits per heavy atom. The Bertz CT molecular complexity index is 755. The van der Waals surface area contributed by atoms with E-state index in [1.807, 2.05) is 0 Å². The first kappa shape index (κ1) is 17.0. The monoisotopic (exact) mass is 346 g/mol. The van der Waals surface area contributed by atoms with Gasteiger partial charge in [0.05, 0.1) is 23.9 Å². The van der Waals surface area contributed by atoms with Crippen molar-refractivity contribution in [1.29, 1.82) is 0 Å². The van der Waals surface area contributed by atoms with Crippen LogP contribution in [0.1, 0.15) is 33.0 Å². The zero-order valence-corrected chi connectivity index (χ0v) is 13.6. The van der Waals surface area contributed by atoms with Crippen LogP contribution in [0.3, 0.4) is 0 Å². The minimum atomic E-state index is -1.000. The number of carbonyl (C=O) groups excluding carboxylic acids is 1. The molecule has 1 amide bonds. The van der Waals surface area contributed by atoms with Gasteiger partial charge in [-0.25, -0.2) is 4.79 Å². The van der Waals surface area contributed by atoms with Gasteiger partial charge in [0.15, 0.2) is 0 Å². The number of nitrogens with zero attached hydrogens (tertiary/aromatic N) is 1. The number of amides is 1. The number of benzene rings is 1. The van der Waals surface area contributed by atoms with Crippen molar-refractivity contribution in [3.05, 3.63) is 47.3 Å². The van der Waals surface area contributed by atoms with E-state index in [2.05, 4.69) is 10.5 Å². The maximum Gasteiger partial charge on any atom is 0.335 e. The van der Waals surface area contributed by atoms with Gasteiger partial charge in [-0.1, -0.05) is 5.16 Å². The molecule has 132 valence electrons. The summed E-state index contributed by atoms with van der Waals surface area (Å²) in [4.78, 5) is 23.1. The molecule has 1 saturated heterocycles. The number of aromatic carboxylic acids is 1. The van der Waals surface area contributed by atoms with Crippen molar-refractivity contribution >= 4 is 11.9 Å². The lowest BCUT2D eigenvalue weighted by molar-refractivity contribution is -0.0138. The second-order valence-electron chi connectivity index (χ2n) is 5.76. The third-order valence-electron chi connectivity index (χ3n) is 3.86. The summed E-state index contributed by atoms with van der Waals surface area (Å²) in [5, 5.41) is 15.5. The highest BCUT2D eigenvalue weighted by molar-refractivity contribution is 5.91. The molecule has 0 spiro atoms. The van der Waals surface area contributed by atoms with Gasteiger partial charge in [-0.3, -0.25) is 4.79 Å². The molecule has 1 aliphatic rings. The molecule has 8 heteroatoms. The summed E-state index contributed by atoms with van der Waals surface area (Å²) in [5.74, 6) is -0.703. The second kappa shape index (κ2) is 7.35. The molecule has 1 aliphatic heterocycles. The van der Waals surface area contributed by atoms with E-state index < -0.39 is 12.1 Å². The zero-order chi connectivity index (χ0) is 17.8. The fourth-order valence-corrected chi connectivity index (χ4v) is 2.55.